The third-order valence-corrected chi connectivity index (χ3v) is 2.88. The van der Waals surface area contributed by atoms with Crippen molar-refractivity contribution in [3.8, 4) is 0 Å². The molecule has 0 aromatic carbocycles. The molecule has 2 heterocycles. The number of aromatic nitrogens is 1. The van der Waals surface area contributed by atoms with E-state index in [1.807, 2.05) is 0 Å². The first kappa shape index (κ1) is 10.6. The van der Waals surface area contributed by atoms with Crippen LogP contribution in [0.5, 0.6) is 0 Å². The van der Waals surface area contributed by atoms with Crippen LogP contribution in [0.15, 0.2) is 10.8 Å². The molecule has 1 aromatic heterocycles. The van der Waals surface area contributed by atoms with Crippen molar-refractivity contribution in [1.29, 1.82) is 0 Å². The van der Waals surface area contributed by atoms with E-state index in [1.54, 1.807) is 0 Å². The van der Waals surface area contributed by atoms with Crippen molar-refractivity contribution in [2.45, 2.75) is 38.8 Å². The van der Waals surface area contributed by atoms with E-state index in [0.717, 1.165) is 44.0 Å². The second kappa shape index (κ2) is 4.33. The zero-order valence-corrected chi connectivity index (χ0v) is 9.38. The number of ether oxygens (including phenoxy) is 1. The third-order valence-electron chi connectivity index (χ3n) is 2.88. The first-order valence-corrected chi connectivity index (χ1v) is 5.54. The molecular formula is C11H18N2O2. The minimum atomic E-state index is -0.263. The average molecular weight is 210 g/mol. The summed E-state index contributed by atoms with van der Waals surface area (Å²) in [5, 5.41) is 3.25. The van der Waals surface area contributed by atoms with Gasteiger partial charge in [0.15, 0.2) is 12.2 Å². The lowest BCUT2D eigenvalue weighted by molar-refractivity contribution is -0.00183. The van der Waals surface area contributed by atoms with Crippen LogP contribution < -0.4 is 5.32 Å². The van der Waals surface area contributed by atoms with E-state index in [9.17, 15) is 0 Å². The molecule has 0 bridgehead atoms. The molecule has 1 aliphatic heterocycles. The van der Waals surface area contributed by atoms with Crippen molar-refractivity contribution in [3.63, 3.8) is 0 Å². The van der Waals surface area contributed by atoms with E-state index < -0.39 is 0 Å². The van der Waals surface area contributed by atoms with Crippen LogP contribution in [-0.2, 0) is 16.9 Å². The Labute approximate surface area is 90.0 Å². The van der Waals surface area contributed by atoms with Gasteiger partial charge in [0.2, 0.25) is 0 Å². The molecule has 1 atom stereocenters. The summed E-state index contributed by atoms with van der Waals surface area (Å²) in [6, 6.07) is 0. The Balaban J connectivity index is 2.16. The molecule has 0 saturated carbocycles. The van der Waals surface area contributed by atoms with Crippen molar-refractivity contribution in [1.82, 2.24) is 10.3 Å². The van der Waals surface area contributed by atoms with Crippen LogP contribution in [0, 0.1) is 0 Å². The fourth-order valence-electron chi connectivity index (χ4n) is 2.03. The summed E-state index contributed by atoms with van der Waals surface area (Å²) in [7, 11) is 0. The Morgan fingerprint density at radius 2 is 2.47 bits per heavy atom. The standard InChI is InChI=1S/C11H18N2O2/c1-3-12-7-9-10(14-8-13-9)11(2)5-4-6-15-11/h8,12H,3-7H2,1-2H3. The molecule has 2 rings (SSSR count). The Kier molecular flexibility index (Phi) is 3.07. The van der Waals surface area contributed by atoms with E-state index in [0.29, 0.717) is 0 Å². The lowest BCUT2D eigenvalue weighted by Gasteiger charge is -2.21. The van der Waals surface area contributed by atoms with Gasteiger partial charge in [-0.2, -0.15) is 0 Å². The predicted octanol–water partition coefficient (Wildman–Crippen LogP) is 1.81. The van der Waals surface area contributed by atoms with E-state index in [4.69, 9.17) is 9.15 Å². The largest absolute Gasteiger partial charge is 0.445 e. The van der Waals surface area contributed by atoms with Gasteiger partial charge in [-0.15, -0.1) is 0 Å². The van der Waals surface area contributed by atoms with Crippen LogP contribution in [-0.4, -0.2) is 18.1 Å². The summed E-state index contributed by atoms with van der Waals surface area (Å²) in [5.74, 6) is 0.890. The van der Waals surface area contributed by atoms with Crippen LogP contribution in [0.1, 0.15) is 38.1 Å². The molecule has 15 heavy (non-hydrogen) atoms. The number of nitrogens with one attached hydrogen (secondary N) is 1. The highest BCUT2D eigenvalue weighted by atomic mass is 16.5. The van der Waals surface area contributed by atoms with Crippen molar-refractivity contribution in [3.05, 3.63) is 17.8 Å². The molecule has 4 nitrogen and oxygen atoms in total. The van der Waals surface area contributed by atoms with Crippen LogP contribution in [0.3, 0.4) is 0 Å². The molecule has 1 N–H and O–H groups in total. The molecule has 0 aliphatic carbocycles. The summed E-state index contributed by atoms with van der Waals surface area (Å²) in [4.78, 5) is 4.23. The van der Waals surface area contributed by atoms with Crippen LogP contribution in [0.25, 0.3) is 0 Å². The Bertz CT molecular complexity index is 316. The van der Waals surface area contributed by atoms with Gasteiger partial charge in [-0.1, -0.05) is 6.92 Å². The van der Waals surface area contributed by atoms with Crippen molar-refractivity contribution in [2.75, 3.05) is 13.2 Å². The SMILES string of the molecule is CCNCc1ncoc1C1(C)CCCO1. The minimum absolute atomic E-state index is 0.263. The van der Waals surface area contributed by atoms with E-state index in [2.05, 4.69) is 24.1 Å². The topological polar surface area (TPSA) is 47.3 Å². The second-order valence-corrected chi connectivity index (χ2v) is 4.09. The molecule has 0 spiro atoms. The first-order valence-electron chi connectivity index (χ1n) is 5.54. The van der Waals surface area contributed by atoms with Gasteiger partial charge in [-0.3, -0.25) is 0 Å². The maximum Gasteiger partial charge on any atom is 0.181 e. The molecule has 1 fully saturated rings. The van der Waals surface area contributed by atoms with Crippen molar-refractivity contribution < 1.29 is 9.15 Å². The average Bonchev–Trinajstić information content (AvgIpc) is 2.84. The first-order chi connectivity index (χ1) is 7.26. The Morgan fingerprint density at radius 1 is 1.60 bits per heavy atom. The van der Waals surface area contributed by atoms with Crippen LogP contribution in [0.4, 0.5) is 0 Å². The summed E-state index contributed by atoms with van der Waals surface area (Å²) in [6.07, 6.45) is 3.62. The summed E-state index contributed by atoms with van der Waals surface area (Å²) in [6.45, 7) is 6.66. The van der Waals surface area contributed by atoms with E-state index in [-0.39, 0.29) is 5.60 Å². The number of hydrogen-bond acceptors (Lipinski definition) is 4. The molecular weight excluding hydrogens is 192 g/mol. The van der Waals surface area contributed by atoms with Gasteiger partial charge in [0.05, 0.1) is 5.69 Å². The predicted molar refractivity (Wildman–Crippen MR) is 56.4 cm³/mol. The summed E-state index contributed by atoms with van der Waals surface area (Å²) in [5.41, 5.74) is 0.711. The molecule has 1 saturated heterocycles. The maximum absolute atomic E-state index is 5.74. The highest BCUT2D eigenvalue weighted by Crippen LogP contribution is 2.37. The normalized spacial score (nSPS) is 26.0. The van der Waals surface area contributed by atoms with Crippen molar-refractivity contribution >= 4 is 0 Å². The smallest absolute Gasteiger partial charge is 0.181 e. The number of nitrogens with zero attached hydrogens (tertiary/aromatic N) is 1. The molecule has 4 heteroatoms. The lowest BCUT2D eigenvalue weighted by Crippen LogP contribution is -2.23. The maximum atomic E-state index is 5.74. The zero-order valence-electron chi connectivity index (χ0n) is 9.38. The van der Waals surface area contributed by atoms with Gasteiger partial charge in [0, 0.05) is 13.2 Å². The fourth-order valence-corrected chi connectivity index (χ4v) is 2.03. The van der Waals surface area contributed by atoms with E-state index in [1.165, 1.54) is 6.39 Å². The van der Waals surface area contributed by atoms with Crippen molar-refractivity contribution in [2.24, 2.45) is 0 Å². The highest BCUT2D eigenvalue weighted by molar-refractivity contribution is 5.16. The number of oxazole rings is 1. The monoisotopic (exact) mass is 210 g/mol. The Hall–Kier alpha value is -0.870. The van der Waals surface area contributed by atoms with Crippen LogP contribution in [0.2, 0.25) is 0 Å². The molecule has 1 aliphatic rings. The fraction of sp³-hybridized carbons (Fsp3) is 0.727. The molecule has 1 aromatic rings. The van der Waals surface area contributed by atoms with Gasteiger partial charge < -0.3 is 14.5 Å². The van der Waals surface area contributed by atoms with Gasteiger partial charge in [-0.05, 0) is 26.3 Å². The number of rotatable bonds is 4. The Morgan fingerprint density at radius 3 is 3.13 bits per heavy atom. The summed E-state index contributed by atoms with van der Waals surface area (Å²) >= 11 is 0. The zero-order chi connectivity index (χ0) is 10.7. The lowest BCUT2D eigenvalue weighted by atomic mass is 9.98. The van der Waals surface area contributed by atoms with Gasteiger partial charge in [0.25, 0.3) is 0 Å². The van der Waals surface area contributed by atoms with Gasteiger partial charge in [-0.25, -0.2) is 4.98 Å². The quantitative estimate of drug-likeness (QED) is 0.823. The van der Waals surface area contributed by atoms with Gasteiger partial charge >= 0.3 is 0 Å². The molecule has 84 valence electrons. The number of hydrogen-bond donors (Lipinski definition) is 1. The second-order valence-electron chi connectivity index (χ2n) is 4.09. The molecule has 0 amide bonds. The minimum Gasteiger partial charge on any atom is -0.445 e. The molecule has 1 unspecified atom stereocenters. The van der Waals surface area contributed by atoms with Crippen LogP contribution >= 0.6 is 0 Å². The van der Waals surface area contributed by atoms with E-state index >= 15 is 0 Å². The summed E-state index contributed by atoms with van der Waals surface area (Å²) < 4.78 is 11.2. The highest BCUT2D eigenvalue weighted by Gasteiger charge is 2.37. The molecule has 0 radical (unpaired) electrons. The van der Waals surface area contributed by atoms with Gasteiger partial charge in [0.1, 0.15) is 5.60 Å². The third kappa shape index (κ3) is 2.06.